The van der Waals surface area contributed by atoms with Gasteiger partial charge in [0.05, 0.1) is 16.0 Å². The first kappa shape index (κ1) is 24.6. The van der Waals surface area contributed by atoms with E-state index in [4.69, 9.17) is 32.4 Å². The second-order valence-electron chi connectivity index (χ2n) is 7.64. The smallest absolute Gasteiger partial charge is 0.416 e. The third-order valence-electron chi connectivity index (χ3n) is 5.00. The Hall–Kier alpha value is -3.49. The molecule has 0 aliphatic carbocycles. The lowest BCUT2D eigenvalue weighted by Gasteiger charge is -2.13. The van der Waals surface area contributed by atoms with Crippen LogP contribution in [0.25, 0.3) is 22.3 Å². The van der Waals surface area contributed by atoms with Crippen LogP contribution < -0.4 is 15.5 Å². The van der Waals surface area contributed by atoms with E-state index < -0.39 is 29.7 Å². The summed E-state index contributed by atoms with van der Waals surface area (Å²) in [5, 5.41) is 2.69. The van der Waals surface area contributed by atoms with Gasteiger partial charge in [-0.1, -0.05) is 59.1 Å². The van der Waals surface area contributed by atoms with Crippen molar-refractivity contribution in [2.24, 2.45) is 0 Å². The zero-order chi connectivity index (χ0) is 25.3. The number of halogens is 5. The minimum Gasteiger partial charge on any atom is -0.476 e. The number of benzene rings is 3. The topological polar surface area (TPSA) is 68.5 Å². The van der Waals surface area contributed by atoms with Crippen molar-refractivity contribution in [3.8, 4) is 17.1 Å². The van der Waals surface area contributed by atoms with Crippen LogP contribution in [0.15, 0.2) is 69.9 Å². The van der Waals surface area contributed by atoms with Crippen molar-refractivity contribution in [2.75, 3.05) is 11.9 Å². The van der Waals surface area contributed by atoms with Crippen LogP contribution in [0.5, 0.6) is 5.75 Å². The molecule has 1 heterocycles. The molecular formula is C25H16Cl2F3NO4. The third kappa shape index (κ3) is 5.44. The normalized spacial score (nSPS) is 11.5. The summed E-state index contributed by atoms with van der Waals surface area (Å²) in [6.45, 7) is 1.22. The molecular weight excluding hydrogens is 506 g/mol. The predicted molar refractivity (Wildman–Crippen MR) is 128 cm³/mol. The Kier molecular flexibility index (Phi) is 6.78. The molecule has 1 aromatic heterocycles. The minimum atomic E-state index is -4.56. The summed E-state index contributed by atoms with van der Waals surface area (Å²) in [4.78, 5) is 25.7. The number of carbonyl (C=O) groups excluding carboxylic acids is 1. The van der Waals surface area contributed by atoms with Crippen LogP contribution in [0, 0.1) is 6.92 Å². The van der Waals surface area contributed by atoms with Gasteiger partial charge in [-0.15, -0.1) is 0 Å². The van der Waals surface area contributed by atoms with Crippen molar-refractivity contribution in [2.45, 2.75) is 13.1 Å². The maximum absolute atomic E-state index is 13.3. The van der Waals surface area contributed by atoms with Crippen LogP contribution in [-0.2, 0) is 11.0 Å². The maximum Gasteiger partial charge on any atom is 0.416 e. The first-order chi connectivity index (χ1) is 16.5. The summed E-state index contributed by atoms with van der Waals surface area (Å²) in [5.74, 6) is -1.000. The molecule has 0 unspecified atom stereocenters. The number of fused-ring (bicyclic) bond motifs is 1. The number of carbonyl (C=O) groups is 1. The fourth-order valence-corrected chi connectivity index (χ4v) is 3.87. The molecule has 35 heavy (non-hydrogen) atoms. The molecule has 0 radical (unpaired) electrons. The molecule has 4 rings (SSSR count). The number of rotatable bonds is 5. The van der Waals surface area contributed by atoms with E-state index in [2.05, 4.69) is 5.32 Å². The molecule has 3 aromatic carbocycles. The standard InChI is InChI=1S/C25H16Cl2F3NO4/c1-13-5-7-14(8-6-13)22-24(21(33)18-10-16(26)11-19(27)23(18)35-22)34-12-20(32)31-17-4-2-3-15(9-17)25(28,29)30/h2-11H,12H2,1H3,(H,31,32). The van der Waals surface area contributed by atoms with E-state index in [1.165, 1.54) is 24.3 Å². The van der Waals surface area contributed by atoms with Crippen LogP contribution in [0.3, 0.4) is 0 Å². The van der Waals surface area contributed by atoms with E-state index in [0.29, 0.717) is 5.56 Å². The van der Waals surface area contributed by atoms with Crippen molar-refractivity contribution < 1.29 is 27.1 Å². The third-order valence-corrected chi connectivity index (χ3v) is 5.50. The highest BCUT2D eigenvalue weighted by Crippen LogP contribution is 2.35. The fourth-order valence-electron chi connectivity index (χ4n) is 3.34. The summed E-state index contributed by atoms with van der Waals surface area (Å²) in [6, 6.07) is 14.0. The van der Waals surface area contributed by atoms with Gasteiger partial charge in [0.25, 0.3) is 5.91 Å². The monoisotopic (exact) mass is 521 g/mol. The van der Waals surface area contributed by atoms with Gasteiger partial charge in [-0.05, 0) is 37.3 Å². The van der Waals surface area contributed by atoms with Crippen molar-refractivity contribution in [3.05, 3.63) is 92.1 Å². The molecule has 180 valence electrons. The lowest BCUT2D eigenvalue weighted by Crippen LogP contribution is -2.23. The van der Waals surface area contributed by atoms with E-state index >= 15 is 0 Å². The van der Waals surface area contributed by atoms with Gasteiger partial charge in [0, 0.05) is 16.3 Å². The van der Waals surface area contributed by atoms with Crippen molar-refractivity contribution >= 4 is 45.8 Å². The largest absolute Gasteiger partial charge is 0.476 e. The number of hydrogen-bond acceptors (Lipinski definition) is 4. The van der Waals surface area contributed by atoms with Gasteiger partial charge in [0.15, 0.2) is 18.0 Å². The molecule has 0 fully saturated rings. The number of aryl methyl sites for hydroxylation is 1. The summed E-state index contributed by atoms with van der Waals surface area (Å²) >= 11 is 12.3. The zero-order valence-electron chi connectivity index (χ0n) is 18.0. The van der Waals surface area contributed by atoms with Crippen molar-refractivity contribution in [1.82, 2.24) is 0 Å². The van der Waals surface area contributed by atoms with E-state index in [9.17, 15) is 22.8 Å². The minimum absolute atomic E-state index is 0.0404. The van der Waals surface area contributed by atoms with Crippen LogP contribution >= 0.6 is 23.2 Å². The van der Waals surface area contributed by atoms with E-state index in [-0.39, 0.29) is 38.2 Å². The lowest BCUT2D eigenvalue weighted by atomic mass is 10.1. The van der Waals surface area contributed by atoms with Crippen LogP contribution in [0.1, 0.15) is 11.1 Å². The summed E-state index contributed by atoms with van der Waals surface area (Å²) in [7, 11) is 0. The number of anilines is 1. The van der Waals surface area contributed by atoms with Crippen LogP contribution in [0.4, 0.5) is 18.9 Å². The Balaban J connectivity index is 1.68. The number of hydrogen-bond donors (Lipinski definition) is 1. The van der Waals surface area contributed by atoms with Gasteiger partial charge in [-0.2, -0.15) is 13.2 Å². The summed E-state index contributed by atoms with van der Waals surface area (Å²) in [5.41, 5.74) is -0.0489. The van der Waals surface area contributed by atoms with E-state index in [1.807, 2.05) is 6.92 Å². The number of nitrogens with one attached hydrogen (secondary N) is 1. The lowest BCUT2D eigenvalue weighted by molar-refractivity contribution is -0.137. The quantitative estimate of drug-likeness (QED) is 0.303. The molecule has 0 aliphatic rings. The second kappa shape index (κ2) is 9.64. The average molecular weight is 522 g/mol. The first-order valence-corrected chi connectivity index (χ1v) is 10.9. The average Bonchev–Trinajstić information content (AvgIpc) is 2.79. The summed E-state index contributed by atoms with van der Waals surface area (Å²) < 4.78 is 50.3. The second-order valence-corrected chi connectivity index (χ2v) is 8.48. The number of amides is 1. The summed E-state index contributed by atoms with van der Waals surface area (Å²) in [6.07, 6.45) is -4.56. The van der Waals surface area contributed by atoms with Gasteiger partial charge in [0.2, 0.25) is 11.2 Å². The zero-order valence-corrected chi connectivity index (χ0v) is 19.5. The maximum atomic E-state index is 13.3. The number of ether oxygens (including phenoxy) is 1. The fraction of sp³-hybridized carbons (Fsp3) is 0.120. The highest BCUT2D eigenvalue weighted by atomic mass is 35.5. The molecule has 0 saturated heterocycles. The molecule has 1 amide bonds. The SMILES string of the molecule is Cc1ccc(-c2oc3c(Cl)cc(Cl)cc3c(=O)c2OCC(=O)Nc2cccc(C(F)(F)F)c2)cc1. The van der Waals surface area contributed by atoms with Crippen LogP contribution in [-0.4, -0.2) is 12.5 Å². The Morgan fingerprint density at radius 2 is 1.77 bits per heavy atom. The molecule has 0 bridgehead atoms. The highest BCUT2D eigenvalue weighted by Gasteiger charge is 2.30. The Morgan fingerprint density at radius 3 is 2.46 bits per heavy atom. The predicted octanol–water partition coefficient (Wildman–Crippen LogP) is 7.11. The Labute approximate surface area is 207 Å². The van der Waals surface area contributed by atoms with E-state index in [1.54, 1.807) is 24.3 Å². The highest BCUT2D eigenvalue weighted by molar-refractivity contribution is 6.38. The van der Waals surface area contributed by atoms with Gasteiger partial charge < -0.3 is 14.5 Å². The van der Waals surface area contributed by atoms with Crippen molar-refractivity contribution in [1.29, 1.82) is 0 Å². The molecule has 4 aromatic rings. The van der Waals surface area contributed by atoms with Crippen LogP contribution in [0.2, 0.25) is 10.0 Å². The molecule has 1 N–H and O–H groups in total. The molecule has 0 spiro atoms. The van der Waals surface area contributed by atoms with Gasteiger partial charge >= 0.3 is 6.18 Å². The Morgan fingerprint density at radius 1 is 1.06 bits per heavy atom. The molecule has 5 nitrogen and oxygen atoms in total. The Bertz CT molecular complexity index is 1480. The number of alkyl halides is 3. The molecule has 10 heteroatoms. The molecule has 0 saturated carbocycles. The van der Waals surface area contributed by atoms with Gasteiger partial charge in [0.1, 0.15) is 0 Å². The molecule has 0 atom stereocenters. The van der Waals surface area contributed by atoms with Crippen molar-refractivity contribution in [3.63, 3.8) is 0 Å². The van der Waals surface area contributed by atoms with E-state index in [0.717, 1.165) is 17.7 Å². The molecule has 0 aliphatic heterocycles. The first-order valence-electron chi connectivity index (χ1n) is 10.2. The van der Waals surface area contributed by atoms with Gasteiger partial charge in [-0.3, -0.25) is 9.59 Å². The van der Waals surface area contributed by atoms with Gasteiger partial charge in [-0.25, -0.2) is 0 Å².